The van der Waals surface area contributed by atoms with Gasteiger partial charge in [0.15, 0.2) is 0 Å². The standard InChI is InChI=1S/C24H22ClF2N7O/c1-24(2,3)34-12-16(21(33-34)19-8-9-29-22(28)31-19)15-11-14(5-7-18(15)27)30-23(35)32-20-10-13(26)4-6-17(20)25/h4-12H,1-3H3,(H2,28,29,31)(H2,30,32,35). The summed E-state index contributed by atoms with van der Waals surface area (Å²) in [6.07, 6.45) is 3.20. The number of nitrogens with zero attached hydrogens (tertiary/aromatic N) is 4. The van der Waals surface area contributed by atoms with Gasteiger partial charge in [0, 0.05) is 29.2 Å². The molecule has 0 saturated carbocycles. The molecule has 2 aromatic carbocycles. The Morgan fingerprint density at radius 3 is 2.54 bits per heavy atom. The third-order valence-corrected chi connectivity index (χ3v) is 5.34. The maximum atomic E-state index is 15.0. The number of carbonyl (C=O) groups excluding carboxylic acids is 1. The minimum atomic E-state index is -0.677. The number of hydrogen-bond donors (Lipinski definition) is 3. The number of nitrogen functional groups attached to an aromatic ring is 1. The Balaban J connectivity index is 1.71. The molecule has 0 aliphatic rings. The lowest BCUT2D eigenvalue weighted by Crippen LogP contribution is -2.22. The molecule has 2 amide bonds. The molecule has 0 radical (unpaired) electrons. The summed E-state index contributed by atoms with van der Waals surface area (Å²) in [5, 5.41) is 9.89. The maximum absolute atomic E-state index is 15.0. The number of benzene rings is 2. The van der Waals surface area contributed by atoms with E-state index >= 15 is 4.39 Å². The van der Waals surface area contributed by atoms with Gasteiger partial charge in [-0.05, 0) is 63.2 Å². The van der Waals surface area contributed by atoms with Gasteiger partial charge in [0.25, 0.3) is 0 Å². The zero-order chi connectivity index (χ0) is 25.3. The summed E-state index contributed by atoms with van der Waals surface area (Å²) in [5.74, 6) is -1.02. The third kappa shape index (κ3) is 5.38. The van der Waals surface area contributed by atoms with Gasteiger partial charge in [0.1, 0.15) is 17.3 Å². The van der Waals surface area contributed by atoms with Gasteiger partial charge in [-0.15, -0.1) is 0 Å². The Morgan fingerprint density at radius 2 is 1.83 bits per heavy atom. The van der Waals surface area contributed by atoms with Crippen molar-refractivity contribution in [2.75, 3.05) is 16.4 Å². The lowest BCUT2D eigenvalue weighted by atomic mass is 10.0. The molecule has 0 atom stereocenters. The molecular weight excluding hydrogens is 476 g/mol. The van der Waals surface area contributed by atoms with E-state index in [0.717, 1.165) is 6.07 Å². The largest absolute Gasteiger partial charge is 0.368 e. The summed E-state index contributed by atoms with van der Waals surface area (Å²) < 4.78 is 30.2. The van der Waals surface area contributed by atoms with Crippen LogP contribution in [-0.4, -0.2) is 25.8 Å². The van der Waals surface area contributed by atoms with Crippen LogP contribution >= 0.6 is 11.6 Å². The molecule has 4 rings (SSSR count). The first-order valence-electron chi connectivity index (χ1n) is 10.5. The molecule has 0 aliphatic carbocycles. The van der Waals surface area contributed by atoms with Gasteiger partial charge < -0.3 is 16.4 Å². The molecule has 0 saturated heterocycles. The molecule has 8 nitrogen and oxygen atoms in total. The molecule has 0 unspecified atom stereocenters. The van der Waals surface area contributed by atoms with Crippen molar-refractivity contribution in [3.63, 3.8) is 0 Å². The minimum Gasteiger partial charge on any atom is -0.368 e. The van der Waals surface area contributed by atoms with Crippen molar-refractivity contribution in [2.24, 2.45) is 0 Å². The highest BCUT2D eigenvalue weighted by Crippen LogP contribution is 2.35. The van der Waals surface area contributed by atoms with Crippen LogP contribution in [0.3, 0.4) is 0 Å². The number of rotatable bonds is 4. The number of halogens is 3. The van der Waals surface area contributed by atoms with Gasteiger partial charge in [-0.25, -0.2) is 23.5 Å². The van der Waals surface area contributed by atoms with E-state index in [1.807, 2.05) is 20.8 Å². The molecule has 2 aromatic heterocycles. The number of nitrogens with one attached hydrogen (secondary N) is 2. The van der Waals surface area contributed by atoms with Crippen LogP contribution in [0.4, 0.5) is 30.9 Å². The van der Waals surface area contributed by atoms with Crippen molar-refractivity contribution < 1.29 is 13.6 Å². The predicted octanol–water partition coefficient (Wildman–Crippen LogP) is 5.92. The summed E-state index contributed by atoms with van der Waals surface area (Å²) >= 11 is 6.01. The second-order valence-corrected chi connectivity index (χ2v) is 9.11. The van der Waals surface area contributed by atoms with Gasteiger partial charge in [0.05, 0.1) is 21.9 Å². The van der Waals surface area contributed by atoms with E-state index < -0.39 is 23.2 Å². The number of anilines is 3. The quantitative estimate of drug-likeness (QED) is 0.324. The minimum absolute atomic E-state index is 0.0577. The highest BCUT2D eigenvalue weighted by atomic mass is 35.5. The molecule has 4 aromatic rings. The summed E-state index contributed by atoms with van der Waals surface area (Å²) in [6.45, 7) is 5.87. The first-order chi connectivity index (χ1) is 16.5. The highest BCUT2D eigenvalue weighted by Gasteiger charge is 2.23. The lowest BCUT2D eigenvalue weighted by Gasteiger charge is -2.18. The SMILES string of the molecule is CC(C)(C)n1cc(-c2cc(NC(=O)Nc3cc(F)ccc3Cl)ccc2F)c(-c2ccnc(N)n2)n1. The zero-order valence-corrected chi connectivity index (χ0v) is 19.9. The Morgan fingerprint density at radius 1 is 1.06 bits per heavy atom. The second-order valence-electron chi connectivity index (χ2n) is 8.70. The normalized spacial score (nSPS) is 11.4. The topological polar surface area (TPSA) is 111 Å². The third-order valence-electron chi connectivity index (χ3n) is 5.01. The van der Waals surface area contributed by atoms with Gasteiger partial charge in [0.2, 0.25) is 5.95 Å². The van der Waals surface area contributed by atoms with E-state index in [0.29, 0.717) is 22.6 Å². The monoisotopic (exact) mass is 497 g/mol. The highest BCUT2D eigenvalue weighted by molar-refractivity contribution is 6.33. The first-order valence-corrected chi connectivity index (χ1v) is 10.9. The molecule has 2 heterocycles. The van der Waals surface area contributed by atoms with E-state index in [4.69, 9.17) is 17.3 Å². The van der Waals surface area contributed by atoms with Crippen LogP contribution in [0.5, 0.6) is 0 Å². The molecule has 0 spiro atoms. The van der Waals surface area contributed by atoms with Crippen molar-refractivity contribution in [1.82, 2.24) is 19.7 Å². The average Bonchev–Trinajstić information content (AvgIpc) is 3.23. The van der Waals surface area contributed by atoms with Crippen LogP contribution in [0, 0.1) is 11.6 Å². The molecular formula is C24H22ClF2N7O. The van der Waals surface area contributed by atoms with Gasteiger partial charge in [-0.3, -0.25) is 4.68 Å². The number of hydrogen-bond acceptors (Lipinski definition) is 5. The molecule has 0 aliphatic heterocycles. The van der Waals surface area contributed by atoms with Crippen LogP contribution in [0.2, 0.25) is 5.02 Å². The summed E-state index contributed by atoms with van der Waals surface area (Å²) in [6, 6.07) is 8.66. The average molecular weight is 498 g/mol. The molecule has 0 bridgehead atoms. The molecule has 4 N–H and O–H groups in total. The summed E-state index contributed by atoms with van der Waals surface area (Å²) in [4.78, 5) is 20.6. The van der Waals surface area contributed by atoms with E-state index in [1.165, 1.54) is 36.5 Å². The smallest absolute Gasteiger partial charge is 0.323 e. The van der Waals surface area contributed by atoms with Crippen LogP contribution in [0.25, 0.3) is 22.5 Å². The van der Waals surface area contributed by atoms with Crippen molar-refractivity contribution in [3.05, 3.63) is 71.5 Å². The van der Waals surface area contributed by atoms with E-state index in [-0.39, 0.29) is 22.2 Å². The fraction of sp³-hybridized carbons (Fsp3) is 0.167. The fourth-order valence-corrected chi connectivity index (χ4v) is 3.46. The molecule has 180 valence electrons. The Hall–Kier alpha value is -4.05. The van der Waals surface area contributed by atoms with Gasteiger partial charge >= 0.3 is 6.03 Å². The first kappa shape index (κ1) is 24.1. The van der Waals surface area contributed by atoms with Crippen molar-refractivity contribution in [3.8, 4) is 22.5 Å². The number of aromatic nitrogens is 4. The maximum Gasteiger partial charge on any atom is 0.323 e. The summed E-state index contributed by atoms with van der Waals surface area (Å²) in [7, 11) is 0. The van der Waals surface area contributed by atoms with Crippen LogP contribution in [-0.2, 0) is 5.54 Å². The van der Waals surface area contributed by atoms with Crippen LogP contribution in [0.1, 0.15) is 20.8 Å². The number of nitrogens with two attached hydrogens (primary N) is 1. The van der Waals surface area contributed by atoms with Crippen LogP contribution in [0.15, 0.2) is 54.9 Å². The fourth-order valence-electron chi connectivity index (χ4n) is 3.30. The van der Waals surface area contributed by atoms with Crippen LogP contribution < -0.4 is 16.4 Å². The Bertz CT molecular complexity index is 1420. The van der Waals surface area contributed by atoms with E-state index in [2.05, 4.69) is 25.7 Å². The Kier molecular flexibility index (Phi) is 6.40. The van der Waals surface area contributed by atoms with Gasteiger partial charge in [-0.1, -0.05) is 11.6 Å². The Labute approximate surface area is 205 Å². The van der Waals surface area contributed by atoms with Crippen molar-refractivity contribution in [2.45, 2.75) is 26.3 Å². The second kappa shape index (κ2) is 9.30. The number of amides is 2. The molecule has 35 heavy (non-hydrogen) atoms. The summed E-state index contributed by atoms with van der Waals surface area (Å²) in [5.41, 5.74) is 7.21. The van der Waals surface area contributed by atoms with Crippen molar-refractivity contribution >= 4 is 35.0 Å². The number of carbonyl (C=O) groups is 1. The lowest BCUT2D eigenvalue weighted by molar-refractivity contribution is 0.262. The zero-order valence-electron chi connectivity index (χ0n) is 19.1. The molecule has 0 fully saturated rings. The van der Waals surface area contributed by atoms with Gasteiger partial charge in [-0.2, -0.15) is 5.10 Å². The van der Waals surface area contributed by atoms with E-state index in [9.17, 15) is 9.18 Å². The van der Waals surface area contributed by atoms with E-state index in [1.54, 1.807) is 16.9 Å². The van der Waals surface area contributed by atoms with Crippen molar-refractivity contribution in [1.29, 1.82) is 0 Å². The molecule has 11 heteroatoms. The predicted molar refractivity (Wildman–Crippen MR) is 132 cm³/mol. The number of urea groups is 1.